The summed E-state index contributed by atoms with van der Waals surface area (Å²) >= 11 is 0. The van der Waals surface area contributed by atoms with E-state index < -0.39 is 6.04 Å². The average Bonchev–Trinajstić information content (AvgIpc) is 2.89. The van der Waals surface area contributed by atoms with Crippen molar-refractivity contribution in [1.82, 2.24) is 15.3 Å². The van der Waals surface area contributed by atoms with Crippen LogP contribution in [0.15, 0.2) is 58.5 Å². The third-order valence-electron chi connectivity index (χ3n) is 5.68. The fourth-order valence-electron chi connectivity index (χ4n) is 3.58. The molecule has 38 heavy (non-hydrogen) atoms. The fraction of sp³-hybridized carbons (Fsp3) is 0.464. The minimum Gasteiger partial charge on any atom is -0.394 e. The Bertz CT molecular complexity index is 1120. The van der Waals surface area contributed by atoms with Crippen LogP contribution >= 0.6 is 0 Å². The summed E-state index contributed by atoms with van der Waals surface area (Å²) in [6.45, 7) is 7.66. The number of aliphatic imine (C=N–C) groups is 1. The number of rotatable bonds is 16. The number of pyridine rings is 1. The number of hydrogen-bond donors (Lipinski definition) is 3. The number of nitrogens with zero attached hydrogens (tertiary/aromatic N) is 3. The van der Waals surface area contributed by atoms with Crippen molar-refractivity contribution in [2.24, 2.45) is 4.99 Å². The lowest BCUT2D eigenvalue weighted by Crippen LogP contribution is -2.41. The van der Waals surface area contributed by atoms with Gasteiger partial charge in [0.1, 0.15) is 11.5 Å². The van der Waals surface area contributed by atoms with E-state index in [4.69, 9.17) is 4.74 Å². The molecule has 1 aromatic heterocycles. The molecule has 0 aliphatic heterocycles. The number of allylic oxidation sites excluding steroid dienone is 2. The summed E-state index contributed by atoms with van der Waals surface area (Å²) in [5.74, 6) is -0.725. The second-order valence-corrected chi connectivity index (χ2v) is 9.06. The molecule has 0 aliphatic rings. The molecule has 1 unspecified atom stereocenters. The van der Waals surface area contributed by atoms with Crippen LogP contribution in [0.5, 0.6) is 0 Å². The maximum atomic E-state index is 13.2. The highest BCUT2D eigenvalue weighted by Crippen LogP contribution is 2.12. The van der Waals surface area contributed by atoms with Gasteiger partial charge in [0, 0.05) is 50.8 Å². The van der Waals surface area contributed by atoms with Gasteiger partial charge in [-0.1, -0.05) is 18.2 Å². The lowest BCUT2D eigenvalue weighted by molar-refractivity contribution is 0.0756. The predicted octanol–water partition coefficient (Wildman–Crippen LogP) is 2.57. The molecule has 2 aromatic rings. The first-order valence-electron chi connectivity index (χ1n) is 12.8. The van der Waals surface area contributed by atoms with Crippen LogP contribution in [0, 0.1) is 5.82 Å². The van der Waals surface area contributed by atoms with Crippen molar-refractivity contribution in [3.63, 3.8) is 0 Å². The number of likely N-dealkylation sites (N-methyl/N-ethyl adjacent to an activating group) is 1. The van der Waals surface area contributed by atoms with Crippen molar-refractivity contribution in [2.75, 3.05) is 44.9 Å². The van der Waals surface area contributed by atoms with Gasteiger partial charge in [0.25, 0.3) is 5.91 Å². The highest BCUT2D eigenvalue weighted by Gasteiger charge is 2.20. The molecule has 0 spiro atoms. The van der Waals surface area contributed by atoms with Crippen LogP contribution in [0.1, 0.15) is 54.8 Å². The zero-order valence-corrected chi connectivity index (χ0v) is 22.7. The number of ether oxygens (including phenoxy) is 1. The molecule has 0 saturated heterocycles. The molecule has 0 radical (unpaired) electrons. The maximum Gasteiger partial charge on any atom is 0.269 e. The number of carbonyl (C=O) groups is 1. The van der Waals surface area contributed by atoms with Crippen LogP contribution in [-0.4, -0.2) is 67.9 Å². The number of halogens is 1. The summed E-state index contributed by atoms with van der Waals surface area (Å²) in [5, 5.41) is 17.9. The Morgan fingerprint density at radius 1 is 1.29 bits per heavy atom. The molecule has 0 saturated carbocycles. The monoisotopic (exact) mass is 529 g/mol. The van der Waals surface area contributed by atoms with Gasteiger partial charge in [0.05, 0.1) is 31.8 Å². The van der Waals surface area contributed by atoms with Gasteiger partial charge in [-0.3, -0.25) is 19.3 Å². The first-order chi connectivity index (χ1) is 18.3. The first-order valence-corrected chi connectivity index (χ1v) is 12.8. The average molecular weight is 530 g/mol. The van der Waals surface area contributed by atoms with Crippen LogP contribution in [0.3, 0.4) is 0 Å². The molecular formula is C28H40FN5O4. The van der Waals surface area contributed by atoms with Gasteiger partial charge >= 0.3 is 0 Å². The number of aliphatic hydroxyl groups is 1. The van der Waals surface area contributed by atoms with Crippen LogP contribution in [0.25, 0.3) is 0 Å². The summed E-state index contributed by atoms with van der Waals surface area (Å²) in [6, 6.07) is 6.58. The van der Waals surface area contributed by atoms with Crippen LogP contribution in [0.4, 0.5) is 4.39 Å². The minimum absolute atomic E-state index is 0.115. The molecule has 1 atom stereocenters. The molecule has 0 bridgehead atoms. The normalized spacial score (nSPS) is 12.5. The Morgan fingerprint density at radius 3 is 2.68 bits per heavy atom. The van der Waals surface area contributed by atoms with E-state index in [-0.39, 0.29) is 35.6 Å². The van der Waals surface area contributed by atoms with Gasteiger partial charge < -0.3 is 25.5 Å². The Morgan fingerprint density at radius 2 is 2.03 bits per heavy atom. The molecule has 2 rings (SSSR count). The SMILES string of the molecule is C/C=C\C=NCCN(C)n1cc(C(CO)NCc2ccc(F)cc2)c(=O)cc1C(=O)NCCCOC(C)C. The predicted molar refractivity (Wildman–Crippen MR) is 149 cm³/mol. The molecule has 10 heteroatoms. The summed E-state index contributed by atoms with van der Waals surface area (Å²) in [4.78, 5) is 30.5. The van der Waals surface area contributed by atoms with Gasteiger partial charge in [-0.15, -0.1) is 0 Å². The highest BCUT2D eigenvalue weighted by molar-refractivity contribution is 5.92. The molecule has 9 nitrogen and oxygen atoms in total. The smallest absolute Gasteiger partial charge is 0.269 e. The molecule has 3 N–H and O–H groups in total. The lowest BCUT2D eigenvalue weighted by atomic mass is 10.1. The zero-order valence-electron chi connectivity index (χ0n) is 22.7. The Hall–Kier alpha value is -3.34. The Kier molecular flexibility index (Phi) is 13.4. The van der Waals surface area contributed by atoms with E-state index in [1.54, 1.807) is 41.3 Å². The number of carbonyl (C=O) groups excluding carboxylic acids is 1. The topological polar surface area (TPSA) is 108 Å². The Labute approximate surface area is 224 Å². The summed E-state index contributed by atoms with van der Waals surface area (Å²) < 4.78 is 20.4. The number of benzene rings is 1. The van der Waals surface area contributed by atoms with Gasteiger partial charge in [-0.05, 0) is 51.0 Å². The fourth-order valence-corrected chi connectivity index (χ4v) is 3.58. The van der Waals surface area contributed by atoms with Gasteiger partial charge in [0.2, 0.25) is 0 Å². The molecule has 1 amide bonds. The quantitative estimate of drug-likeness (QED) is 0.228. The zero-order chi connectivity index (χ0) is 27.9. The summed E-state index contributed by atoms with van der Waals surface area (Å²) in [7, 11) is 1.80. The van der Waals surface area contributed by atoms with Crippen molar-refractivity contribution in [3.8, 4) is 0 Å². The van der Waals surface area contributed by atoms with Crippen LogP contribution in [0.2, 0.25) is 0 Å². The van der Waals surface area contributed by atoms with E-state index in [0.29, 0.717) is 44.8 Å². The van der Waals surface area contributed by atoms with Crippen molar-refractivity contribution in [2.45, 2.75) is 45.9 Å². The van der Waals surface area contributed by atoms with Crippen LogP contribution in [-0.2, 0) is 11.3 Å². The van der Waals surface area contributed by atoms with Crippen molar-refractivity contribution < 1.29 is 19.0 Å². The number of amides is 1. The van der Waals surface area contributed by atoms with E-state index >= 15 is 0 Å². The van der Waals surface area contributed by atoms with Gasteiger partial charge in [0.15, 0.2) is 5.43 Å². The number of hydrogen-bond acceptors (Lipinski definition) is 7. The lowest BCUT2D eigenvalue weighted by Gasteiger charge is -2.27. The maximum absolute atomic E-state index is 13.2. The van der Waals surface area contributed by atoms with E-state index in [1.807, 2.05) is 32.9 Å². The number of aromatic nitrogens is 1. The Balaban J connectivity index is 2.26. The van der Waals surface area contributed by atoms with Gasteiger partial charge in [-0.2, -0.15) is 0 Å². The number of nitrogens with one attached hydrogen (secondary N) is 2. The molecule has 0 aliphatic carbocycles. The second kappa shape index (κ2) is 16.5. The summed E-state index contributed by atoms with van der Waals surface area (Å²) in [5.41, 5.74) is 0.915. The van der Waals surface area contributed by atoms with E-state index in [0.717, 1.165) is 5.56 Å². The number of aliphatic hydroxyl groups excluding tert-OH is 1. The molecule has 0 fully saturated rings. The van der Waals surface area contributed by atoms with Crippen molar-refractivity contribution in [1.29, 1.82) is 0 Å². The van der Waals surface area contributed by atoms with E-state index in [9.17, 15) is 19.1 Å². The van der Waals surface area contributed by atoms with E-state index in [2.05, 4.69) is 15.6 Å². The third kappa shape index (κ3) is 10.2. The minimum atomic E-state index is -0.690. The van der Waals surface area contributed by atoms with E-state index in [1.165, 1.54) is 18.2 Å². The van der Waals surface area contributed by atoms with Crippen LogP contribution < -0.4 is 21.1 Å². The van der Waals surface area contributed by atoms with Crippen molar-refractivity contribution >= 4 is 12.1 Å². The molecule has 1 heterocycles. The highest BCUT2D eigenvalue weighted by atomic mass is 19.1. The second-order valence-electron chi connectivity index (χ2n) is 9.06. The largest absolute Gasteiger partial charge is 0.394 e. The standard InChI is InChI=1S/C28H40FN5O4/c1-5-6-12-30-14-15-33(4)34-19-24(25(20-35)32-18-22-8-10-23(29)11-9-22)27(36)17-26(34)28(37)31-13-7-16-38-21(2)3/h5-6,8-12,17,19,21,25,32,35H,7,13-16,18,20H2,1-4H3,(H,31,37)/b6-5-,30-12?. The molecule has 208 valence electrons. The molecular weight excluding hydrogens is 489 g/mol. The van der Waals surface area contributed by atoms with Gasteiger partial charge in [-0.25, -0.2) is 4.39 Å². The first kappa shape index (κ1) is 30.9. The molecule has 1 aromatic carbocycles. The third-order valence-corrected chi connectivity index (χ3v) is 5.68. The van der Waals surface area contributed by atoms with Crippen molar-refractivity contribution in [3.05, 3.63) is 81.5 Å². The summed E-state index contributed by atoms with van der Waals surface area (Å²) in [6.07, 6.45) is 7.75.